The fourth-order valence-electron chi connectivity index (χ4n) is 3.51. The Morgan fingerprint density at radius 1 is 1.17 bits per heavy atom. The molecule has 2 heterocycles. The van der Waals surface area contributed by atoms with Gasteiger partial charge in [0.05, 0.1) is 32.6 Å². The van der Waals surface area contributed by atoms with Crippen molar-refractivity contribution >= 4 is 17.5 Å². The lowest BCUT2D eigenvalue weighted by Crippen LogP contribution is -3.19. The highest BCUT2D eigenvalue weighted by atomic mass is 19.1. The largest absolute Gasteiger partial charge is 0.360 e. The Bertz CT molecular complexity index is 582. The van der Waals surface area contributed by atoms with Gasteiger partial charge in [-0.1, -0.05) is 6.92 Å². The molecule has 5 nitrogen and oxygen atoms in total. The van der Waals surface area contributed by atoms with E-state index in [0.717, 1.165) is 38.3 Å². The number of nitrogens with one attached hydrogen (secondary N) is 1. The van der Waals surface area contributed by atoms with Crippen LogP contribution in [0.5, 0.6) is 0 Å². The Labute approximate surface area is 135 Å². The second-order valence-electron chi connectivity index (χ2n) is 6.26. The van der Waals surface area contributed by atoms with E-state index in [9.17, 15) is 14.0 Å². The molecule has 23 heavy (non-hydrogen) atoms. The van der Waals surface area contributed by atoms with Crippen molar-refractivity contribution in [3.63, 3.8) is 0 Å². The van der Waals surface area contributed by atoms with E-state index in [0.29, 0.717) is 13.0 Å². The van der Waals surface area contributed by atoms with Crippen molar-refractivity contribution in [2.45, 2.75) is 25.8 Å². The van der Waals surface area contributed by atoms with Crippen molar-refractivity contribution in [1.29, 1.82) is 0 Å². The van der Waals surface area contributed by atoms with E-state index in [1.165, 1.54) is 21.9 Å². The topological polar surface area (TPSA) is 45.1 Å². The normalized spacial score (nSPS) is 23.0. The molecule has 124 valence electrons. The summed E-state index contributed by atoms with van der Waals surface area (Å²) in [4.78, 5) is 29.2. The summed E-state index contributed by atoms with van der Waals surface area (Å²) in [7, 11) is 0. The van der Waals surface area contributed by atoms with Gasteiger partial charge in [0.15, 0.2) is 6.04 Å². The summed E-state index contributed by atoms with van der Waals surface area (Å²) in [5.41, 5.74) is 1.01. The molecular formula is C17H23FN3O2+. The Morgan fingerprint density at radius 2 is 1.83 bits per heavy atom. The predicted molar refractivity (Wildman–Crippen MR) is 84.7 cm³/mol. The van der Waals surface area contributed by atoms with Crippen LogP contribution in [-0.4, -0.2) is 55.5 Å². The molecule has 1 atom stereocenters. The number of hydrogen-bond donors (Lipinski definition) is 1. The molecule has 0 unspecified atom stereocenters. The molecule has 0 saturated carbocycles. The Morgan fingerprint density at radius 3 is 2.43 bits per heavy atom. The number of amides is 2. The van der Waals surface area contributed by atoms with Gasteiger partial charge in [0.25, 0.3) is 5.91 Å². The molecule has 2 aliphatic heterocycles. The second kappa shape index (κ2) is 6.66. The van der Waals surface area contributed by atoms with Crippen LogP contribution < -0.4 is 9.80 Å². The zero-order chi connectivity index (χ0) is 16.4. The van der Waals surface area contributed by atoms with Crippen molar-refractivity contribution < 1.29 is 18.9 Å². The van der Waals surface area contributed by atoms with E-state index in [1.807, 2.05) is 6.92 Å². The SMILES string of the molecule is CCCN1C(=O)C[C@@H]([NH+]2CCN(c3ccc(F)cc3)CC2)C1=O. The van der Waals surface area contributed by atoms with Crippen molar-refractivity contribution in [3.05, 3.63) is 30.1 Å². The van der Waals surface area contributed by atoms with Crippen molar-refractivity contribution in [1.82, 2.24) is 4.90 Å². The van der Waals surface area contributed by atoms with Crippen LogP contribution in [0.2, 0.25) is 0 Å². The third kappa shape index (κ3) is 3.22. The van der Waals surface area contributed by atoms with Crippen molar-refractivity contribution in [2.24, 2.45) is 0 Å². The lowest BCUT2D eigenvalue weighted by Gasteiger charge is -2.35. The van der Waals surface area contributed by atoms with Gasteiger partial charge in [-0.05, 0) is 30.7 Å². The van der Waals surface area contributed by atoms with E-state index < -0.39 is 0 Å². The fourth-order valence-corrected chi connectivity index (χ4v) is 3.51. The Balaban J connectivity index is 1.60. The van der Waals surface area contributed by atoms with E-state index in [-0.39, 0.29) is 23.7 Å². The minimum absolute atomic E-state index is 0.0120. The van der Waals surface area contributed by atoms with Gasteiger partial charge >= 0.3 is 0 Å². The van der Waals surface area contributed by atoms with Crippen LogP contribution in [-0.2, 0) is 9.59 Å². The van der Waals surface area contributed by atoms with Crippen molar-refractivity contribution in [2.75, 3.05) is 37.6 Å². The number of nitrogens with zero attached hydrogens (tertiary/aromatic N) is 2. The maximum Gasteiger partial charge on any atom is 0.288 e. The lowest BCUT2D eigenvalue weighted by molar-refractivity contribution is -0.915. The molecule has 2 saturated heterocycles. The zero-order valence-electron chi connectivity index (χ0n) is 13.4. The van der Waals surface area contributed by atoms with E-state index in [1.54, 1.807) is 12.1 Å². The molecular weight excluding hydrogens is 297 g/mol. The molecule has 0 aliphatic carbocycles. The quantitative estimate of drug-likeness (QED) is 0.799. The van der Waals surface area contributed by atoms with Gasteiger partial charge in [-0.2, -0.15) is 0 Å². The predicted octanol–water partition coefficient (Wildman–Crippen LogP) is 0.0681. The number of halogens is 1. The number of rotatable bonds is 4. The number of anilines is 1. The maximum absolute atomic E-state index is 13.0. The molecule has 2 fully saturated rings. The van der Waals surface area contributed by atoms with Gasteiger partial charge in [-0.15, -0.1) is 0 Å². The van der Waals surface area contributed by atoms with Crippen LogP contribution in [0.15, 0.2) is 24.3 Å². The zero-order valence-corrected chi connectivity index (χ0v) is 13.4. The summed E-state index contributed by atoms with van der Waals surface area (Å²) in [5.74, 6) is -0.276. The molecule has 6 heteroatoms. The molecule has 0 bridgehead atoms. The van der Waals surface area contributed by atoms with Crippen LogP contribution >= 0.6 is 0 Å². The molecule has 2 aliphatic rings. The van der Waals surface area contributed by atoms with Crippen LogP contribution in [0.25, 0.3) is 0 Å². The van der Waals surface area contributed by atoms with Gasteiger partial charge in [-0.25, -0.2) is 4.39 Å². The fraction of sp³-hybridized carbons (Fsp3) is 0.529. The minimum Gasteiger partial charge on any atom is -0.360 e. The number of carbonyl (C=O) groups excluding carboxylic acids is 2. The first kappa shape index (κ1) is 15.9. The van der Waals surface area contributed by atoms with Crippen molar-refractivity contribution in [3.8, 4) is 0 Å². The van der Waals surface area contributed by atoms with E-state index >= 15 is 0 Å². The van der Waals surface area contributed by atoms with E-state index in [2.05, 4.69) is 4.90 Å². The molecule has 0 aromatic heterocycles. The maximum atomic E-state index is 13.0. The molecule has 1 aromatic rings. The average molecular weight is 320 g/mol. The first-order valence-electron chi connectivity index (χ1n) is 8.29. The first-order chi connectivity index (χ1) is 11.1. The molecule has 0 radical (unpaired) electrons. The summed E-state index contributed by atoms with van der Waals surface area (Å²) in [6.45, 7) is 5.77. The Kier molecular flexibility index (Phi) is 4.61. The lowest BCUT2D eigenvalue weighted by atomic mass is 10.1. The number of hydrogen-bond acceptors (Lipinski definition) is 3. The summed E-state index contributed by atoms with van der Waals surface area (Å²) in [5, 5.41) is 0. The van der Waals surface area contributed by atoms with Gasteiger partial charge in [0.1, 0.15) is 5.82 Å². The molecule has 3 rings (SSSR count). The number of imide groups is 1. The third-order valence-corrected chi connectivity index (χ3v) is 4.78. The summed E-state index contributed by atoms with van der Waals surface area (Å²) >= 11 is 0. The molecule has 1 N–H and O–H groups in total. The molecule has 2 amide bonds. The minimum atomic E-state index is -0.232. The highest BCUT2D eigenvalue weighted by molar-refractivity contribution is 6.04. The standard InChI is InChI=1S/C17H22FN3O2/c1-2-7-21-16(22)12-15(17(21)23)20-10-8-19(9-11-20)14-5-3-13(18)4-6-14/h3-6,15H,2,7-12H2,1H3/p+1/t15-/m1/s1. The molecule has 1 aromatic carbocycles. The number of quaternary nitrogens is 1. The van der Waals surface area contributed by atoms with Gasteiger partial charge < -0.3 is 9.80 Å². The summed E-state index contributed by atoms with van der Waals surface area (Å²) < 4.78 is 13.0. The summed E-state index contributed by atoms with van der Waals surface area (Å²) in [6, 6.07) is 6.29. The third-order valence-electron chi connectivity index (χ3n) is 4.78. The van der Waals surface area contributed by atoms with Crippen LogP contribution in [0.1, 0.15) is 19.8 Å². The highest BCUT2D eigenvalue weighted by Gasteiger charge is 2.45. The summed E-state index contributed by atoms with van der Waals surface area (Å²) in [6.07, 6.45) is 1.14. The van der Waals surface area contributed by atoms with Crippen LogP contribution in [0.4, 0.5) is 10.1 Å². The second-order valence-corrected chi connectivity index (χ2v) is 6.26. The first-order valence-corrected chi connectivity index (χ1v) is 8.29. The number of piperazine rings is 1. The number of likely N-dealkylation sites (tertiary alicyclic amines) is 1. The van der Waals surface area contributed by atoms with Crippen LogP contribution in [0, 0.1) is 5.82 Å². The number of benzene rings is 1. The van der Waals surface area contributed by atoms with Gasteiger partial charge in [-0.3, -0.25) is 14.5 Å². The highest BCUT2D eigenvalue weighted by Crippen LogP contribution is 2.16. The van der Waals surface area contributed by atoms with Gasteiger partial charge in [0, 0.05) is 12.2 Å². The number of carbonyl (C=O) groups is 2. The molecule has 0 spiro atoms. The van der Waals surface area contributed by atoms with Crippen LogP contribution in [0.3, 0.4) is 0 Å². The monoisotopic (exact) mass is 320 g/mol. The smallest absolute Gasteiger partial charge is 0.288 e. The van der Waals surface area contributed by atoms with Gasteiger partial charge in [0.2, 0.25) is 5.91 Å². The average Bonchev–Trinajstić information content (AvgIpc) is 2.84. The van der Waals surface area contributed by atoms with E-state index in [4.69, 9.17) is 0 Å². The Hall–Kier alpha value is -1.95.